The van der Waals surface area contributed by atoms with Gasteiger partial charge < -0.3 is 19.2 Å². The molecule has 1 atom stereocenters. The van der Waals surface area contributed by atoms with Crippen molar-refractivity contribution in [2.45, 2.75) is 13.0 Å². The largest absolute Gasteiger partial charge is 0.466 e. The fourth-order valence-corrected chi connectivity index (χ4v) is 3.43. The Hall–Kier alpha value is -3.39. The van der Waals surface area contributed by atoms with E-state index in [1.165, 1.54) is 19.4 Å². The number of esters is 2. The zero-order valence-electron chi connectivity index (χ0n) is 15.1. The number of ether oxygens (including phenoxy) is 2. The van der Waals surface area contributed by atoms with Gasteiger partial charge in [-0.2, -0.15) is 0 Å². The summed E-state index contributed by atoms with van der Waals surface area (Å²) in [7, 11) is 1.23. The Balaban J connectivity index is 1.77. The molecule has 0 saturated carbocycles. The van der Waals surface area contributed by atoms with Gasteiger partial charge in [0.1, 0.15) is 4.88 Å². The molecule has 2 aromatic heterocycles. The van der Waals surface area contributed by atoms with Crippen molar-refractivity contribution in [1.82, 2.24) is 0 Å². The second-order valence-electron chi connectivity index (χ2n) is 5.77. The monoisotopic (exact) mass is 399 g/mol. The standard InChI is InChI=1S/C20H17NO6S/c1-12-11-15(21-18(22)14-9-6-10-26-14)28-17(12)20(24)27-16(19(23)25-2)13-7-4-3-5-8-13/h3-11,16H,1-2H3,(H,21,22). The maximum Gasteiger partial charge on any atom is 0.351 e. The molecule has 8 heteroatoms. The molecular weight excluding hydrogens is 382 g/mol. The Bertz CT molecular complexity index is 978. The van der Waals surface area contributed by atoms with Crippen molar-refractivity contribution < 1.29 is 28.3 Å². The maximum absolute atomic E-state index is 12.6. The van der Waals surface area contributed by atoms with Crippen LogP contribution in [0.5, 0.6) is 0 Å². The smallest absolute Gasteiger partial charge is 0.351 e. The lowest BCUT2D eigenvalue weighted by Gasteiger charge is -2.15. The summed E-state index contributed by atoms with van der Waals surface area (Å²) >= 11 is 1.05. The van der Waals surface area contributed by atoms with E-state index in [9.17, 15) is 14.4 Å². The lowest BCUT2D eigenvalue weighted by atomic mass is 10.1. The molecule has 3 aromatic rings. The molecular formula is C20H17NO6S. The SMILES string of the molecule is COC(=O)C(OC(=O)c1sc(NC(=O)c2ccco2)cc1C)c1ccccc1. The van der Waals surface area contributed by atoms with Crippen LogP contribution in [0.25, 0.3) is 0 Å². The zero-order valence-corrected chi connectivity index (χ0v) is 15.9. The van der Waals surface area contributed by atoms with Crippen molar-refractivity contribution in [3.8, 4) is 0 Å². The first-order valence-electron chi connectivity index (χ1n) is 8.28. The van der Waals surface area contributed by atoms with E-state index < -0.39 is 23.9 Å². The number of furan rings is 1. The van der Waals surface area contributed by atoms with Gasteiger partial charge in [0, 0.05) is 5.56 Å². The van der Waals surface area contributed by atoms with Gasteiger partial charge in [-0.15, -0.1) is 11.3 Å². The number of carbonyl (C=O) groups is 3. The number of aryl methyl sites for hydroxylation is 1. The second-order valence-corrected chi connectivity index (χ2v) is 6.83. The summed E-state index contributed by atoms with van der Waals surface area (Å²) in [5.74, 6) is -1.63. The number of hydrogen-bond donors (Lipinski definition) is 1. The minimum absolute atomic E-state index is 0.157. The van der Waals surface area contributed by atoms with Crippen molar-refractivity contribution in [2.24, 2.45) is 0 Å². The van der Waals surface area contributed by atoms with Gasteiger partial charge in [0.05, 0.1) is 18.4 Å². The van der Waals surface area contributed by atoms with Gasteiger partial charge in [0.15, 0.2) is 5.76 Å². The molecule has 144 valence electrons. The molecule has 0 fully saturated rings. The number of thiophene rings is 1. The van der Waals surface area contributed by atoms with Crippen LogP contribution in [0.3, 0.4) is 0 Å². The quantitative estimate of drug-likeness (QED) is 0.630. The first-order valence-corrected chi connectivity index (χ1v) is 9.10. The summed E-state index contributed by atoms with van der Waals surface area (Å²) in [6, 6.07) is 13.4. The predicted molar refractivity (Wildman–Crippen MR) is 102 cm³/mol. The van der Waals surface area contributed by atoms with Crippen LogP contribution in [0.1, 0.15) is 37.5 Å². The van der Waals surface area contributed by atoms with E-state index >= 15 is 0 Å². The van der Waals surface area contributed by atoms with Gasteiger partial charge in [0.25, 0.3) is 5.91 Å². The van der Waals surface area contributed by atoms with E-state index in [0.29, 0.717) is 16.1 Å². The van der Waals surface area contributed by atoms with Crippen molar-refractivity contribution in [1.29, 1.82) is 0 Å². The van der Waals surface area contributed by atoms with Crippen LogP contribution in [-0.4, -0.2) is 25.0 Å². The second kappa shape index (κ2) is 8.53. The minimum Gasteiger partial charge on any atom is -0.466 e. The van der Waals surface area contributed by atoms with E-state index in [2.05, 4.69) is 5.32 Å². The summed E-state index contributed by atoms with van der Waals surface area (Å²) in [6.45, 7) is 1.71. The van der Waals surface area contributed by atoms with Gasteiger partial charge in [-0.25, -0.2) is 9.59 Å². The summed E-state index contributed by atoms with van der Waals surface area (Å²) in [5.41, 5.74) is 1.12. The van der Waals surface area contributed by atoms with Crippen molar-refractivity contribution >= 4 is 34.2 Å². The Kier molecular flexibility index (Phi) is 5.90. The number of carbonyl (C=O) groups excluding carboxylic acids is 3. The molecule has 3 rings (SSSR count). The van der Waals surface area contributed by atoms with Gasteiger partial charge in [0.2, 0.25) is 6.10 Å². The molecule has 1 N–H and O–H groups in total. The molecule has 28 heavy (non-hydrogen) atoms. The average Bonchev–Trinajstić information content (AvgIpc) is 3.36. The van der Waals surface area contributed by atoms with Gasteiger partial charge in [-0.05, 0) is 30.7 Å². The number of nitrogens with one attached hydrogen (secondary N) is 1. The number of methoxy groups -OCH3 is 1. The molecule has 0 bridgehead atoms. The van der Waals surface area contributed by atoms with Crippen LogP contribution in [0.4, 0.5) is 5.00 Å². The molecule has 1 amide bonds. The normalized spacial score (nSPS) is 11.5. The van der Waals surface area contributed by atoms with Crippen LogP contribution >= 0.6 is 11.3 Å². The van der Waals surface area contributed by atoms with Crippen molar-refractivity contribution in [3.05, 3.63) is 76.6 Å². The molecule has 2 heterocycles. The van der Waals surface area contributed by atoms with Crippen molar-refractivity contribution in [3.63, 3.8) is 0 Å². The Morgan fingerprint density at radius 3 is 2.50 bits per heavy atom. The molecule has 1 unspecified atom stereocenters. The van der Waals surface area contributed by atoms with E-state index in [4.69, 9.17) is 13.9 Å². The molecule has 0 aliphatic rings. The first-order chi connectivity index (χ1) is 13.5. The highest BCUT2D eigenvalue weighted by molar-refractivity contribution is 7.18. The van der Waals surface area contributed by atoms with E-state index in [0.717, 1.165) is 11.3 Å². The average molecular weight is 399 g/mol. The number of rotatable bonds is 6. The van der Waals surface area contributed by atoms with Gasteiger partial charge >= 0.3 is 11.9 Å². The number of hydrogen-bond acceptors (Lipinski definition) is 7. The maximum atomic E-state index is 12.6. The third-order valence-electron chi connectivity index (χ3n) is 3.83. The van der Waals surface area contributed by atoms with Crippen LogP contribution in [0, 0.1) is 6.92 Å². The van der Waals surface area contributed by atoms with E-state index in [1.807, 2.05) is 0 Å². The fraction of sp³-hybridized carbons (Fsp3) is 0.150. The molecule has 7 nitrogen and oxygen atoms in total. The molecule has 0 spiro atoms. The van der Waals surface area contributed by atoms with Crippen LogP contribution in [0.2, 0.25) is 0 Å². The zero-order chi connectivity index (χ0) is 20.1. The fourth-order valence-electron chi connectivity index (χ4n) is 2.48. The Labute approximate surface area is 164 Å². The van der Waals surface area contributed by atoms with Crippen molar-refractivity contribution in [2.75, 3.05) is 12.4 Å². The summed E-state index contributed by atoms with van der Waals surface area (Å²) in [6.07, 6.45) is 0.217. The summed E-state index contributed by atoms with van der Waals surface area (Å²) in [5, 5.41) is 3.12. The highest BCUT2D eigenvalue weighted by atomic mass is 32.1. The third kappa shape index (κ3) is 4.29. The molecule has 1 aromatic carbocycles. The third-order valence-corrected chi connectivity index (χ3v) is 4.96. The predicted octanol–water partition coefficient (Wildman–Crippen LogP) is 3.97. The molecule has 0 radical (unpaired) electrons. The number of anilines is 1. The van der Waals surface area contributed by atoms with Crippen LogP contribution in [-0.2, 0) is 14.3 Å². The Morgan fingerprint density at radius 2 is 1.86 bits per heavy atom. The topological polar surface area (TPSA) is 94.8 Å². The number of benzene rings is 1. The van der Waals surface area contributed by atoms with Gasteiger partial charge in [-0.3, -0.25) is 4.79 Å². The minimum atomic E-state index is -1.18. The lowest BCUT2D eigenvalue weighted by Crippen LogP contribution is -2.21. The highest BCUT2D eigenvalue weighted by Gasteiger charge is 2.28. The van der Waals surface area contributed by atoms with E-state index in [-0.39, 0.29) is 10.6 Å². The highest BCUT2D eigenvalue weighted by Crippen LogP contribution is 2.30. The lowest BCUT2D eigenvalue weighted by molar-refractivity contribution is -0.151. The van der Waals surface area contributed by atoms with E-state index in [1.54, 1.807) is 49.4 Å². The summed E-state index contributed by atoms with van der Waals surface area (Å²) < 4.78 is 15.2. The Morgan fingerprint density at radius 1 is 1.11 bits per heavy atom. The summed E-state index contributed by atoms with van der Waals surface area (Å²) in [4.78, 5) is 37.1. The van der Waals surface area contributed by atoms with Crippen LogP contribution < -0.4 is 5.32 Å². The van der Waals surface area contributed by atoms with Gasteiger partial charge in [-0.1, -0.05) is 30.3 Å². The number of amides is 1. The molecule has 0 aliphatic heterocycles. The van der Waals surface area contributed by atoms with Crippen LogP contribution in [0.15, 0.2) is 59.2 Å². The first kappa shape index (κ1) is 19.4. The molecule has 0 aliphatic carbocycles. The molecule has 0 saturated heterocycles.